The van der Waals surface area contributed by atoms with Crippen LogP contribution in [0.3, 0.4) is 0 Å². The summed E-state index contributed by atoms with van der Waals surface area (Å²) in [6, 6.07) is 7.67. The number of H-pyrrole nitrogens is 1. The number of aromatic nitrogens is 2. The molecule has 4 rings (SSSR count). The van der Waals surface area contributed by atoms with Gasteiger partial charge in [-0.3, -0.25) is 14.4 Å². The number of benzene rings is 1. The molecular weight excluding hydrogens is 452 g/mol. The van der Waals surface area contributed by atoms with Gasteiger partial charge in [0.2, 0.25) is 0 Å². The van der Waals surface area contributed by atoms with E-state index in [0.29, 0.717) is 11.3 Å². The molecular formula is C20H12Cl2FN3O3S. The molecule has 1 aromatic carbocycles. The smallest absolute Gasteiger partial charge is 0.296 e. The Bertz CT molecular complexity index is 1340. The van der Waals surface area contributed by atoms with Crippen LogP contribution >= 0.6 is 34.5 Å². The number of carbonyl (C=O) groups is 2. The molecule has 3 aromatic heterocycles. The lowest BCUT2D eigenvalue weighted by atomic mass is 10.1. The van der Waals surface area contributed by atoms with Gasteiger partial charge in [-0.15, -0.1) is 11.3 Å². The number of anilines is 1. The van der Waals surface area contributed by atoms with Crippen LogP contribution in [0, 0.1) is 5.82 Å². The second-order valence-electron chi connectivity index (χ2n) is 6.37. The van der Waals surface area contributed by atoms with Crippen molar-refractivity contribution in [3.05, 3.63) is 91.1 Å². The molecule has 4 aromatic rings. The van der Waals surface area contributed by atoms with Gasteiger partial charge in [0.25, 0.3) is 17.2 Å². The molecule has 0 spiro atoms. The monoisotopic (exact) mass is 463 g/mol. The molecule has 0 saturated carbocycles. The van der Waals surface area contributed by atoms with Crippen molar-refractivity contribution in [2.24, 2.45) is 0 Å². The number of hydrogen-bond acceptors (Lipinski definition) is 4. The van der Waals surface area contributed by atoms with Crippen LogP contribution in [0.1, 0.15) is 21.6 Å². The van der Waals surface area contributed by atoms with Crippen LogP contribution < -0.4 is 10.9 Å². The number of halogens is 3. The number of thiazole rings is 1. The van der Waals surface area contributed by atoms with Gasteiger partial charge in [0.1, 0.15) is 15.7 Å². The molecule has 0 unspecified atom stereocenters. The van der Waals surface area contributed by atoms with Gasteiger partial charge in [-0.2, -0.15) is 0 Å². The summed E-state index contributed by atoms with van der Waals surface area (Å²) in [4.78, 5) is 40.0. The van der Waals surface area contributed by atoms with Crippen LogP contribution in [0.5, 0.6) is 0 Å². The summed E-state index contributed by atoms with van der Waals surface area (Å²) < 4.78 is 15.0. The first-order valence-corrected chi connectivity index (χ1v) is 10.2. The van der Waals surface area contributed by atoms with Crippen LogP contribution in [0.4, 0.5) is 10.1 Å². The van der Waals surface area contributed by atoms with Crippen molar-refractivity contribution in [1.82, 2.24) is 9.38 Å². The minimum atomic E-state index is -0.973. The summed E-state index contributed by atoms with van der Waals surface area (Å²) in [6.45, 7) is 0. The number of Topliss-reactive ketones (excluding diaryl/α,β-unsaturated/α-hetero) is 1. The molecule has 0 radical (unpaired) electrons. The number of hydrogen-bond donors (Lipinski definition) is 2. The highest BCUT2D eigenvalue weighted by molar-refractivity contribution is 7.16. The molecule has 2 N–H and O–H groups in total. The fraction of sp³-hybridized carbons (Fsp3) is 0.0500. The first-order chi connectivity index (χ1) is 14.3. The number of nitrogens with one attached hydrogen (secondary N) is 2. The van der Waals surface area contributed by atoms with Gasteiger partial charge in [0.15, 0.2) is 0 Å². The molecule has 1 amide bonds. The van der Waals surface area contributed by atoms with Gasteiger partial charge in [0, 0.05) is 29.9 Å². The lowest BCUT2D eigenvalue weighted by Crippen LogP contribution is -2.24. The number of aromatic amines is 1. The van der Waals surface area contributed by atoms with Crippen molar-refractivity contribution in [2.45, 2.75) is 6.42 Å². The first-order valence-electron chi connectivity index (χ1n) is 8.59. The maximum absolute atomic E-state index is 13.2. The fourth-order valence-electron chi connectivity index (χ4n) is 3.00. The first kappa shape index (κ1) is 20.3. The normalized spacial score (nSPS) is 11.0. The molecule has 0 bridgehead atoms. The molecule has 0 aliphatic carbocycles. The van der Waals surface area contributed by atoms with Crippen molar-refractivity contribution in [3.8, 4) is 0 Å². The Morgan fingerprint density at radius 1 is 1.20 bits per heavy atom. The van der Waals surface area contributed by atoms with E-state index in [0.717, 1.165) is 11.3 Å². The SMILES string of the molecule is O=C(Nc1c(Cl)c[nH]c(=O)c1Cl)C(=O)c1cc(Cc2ccc(F)cc2)n2ccsc12. The van der Waals surface area contributed by atoms with E-state index in [4.69, 9.17) is 23.2 Å². The van der Waals surface area contributed by atoms with E-state index < -0.39 is 17.2 Å². The molecule has 0 fully saturated rings. The van der Waals surface area contributed by atoms with Crippen LogP contribution in [-0.2, 0) is 11.2 Å². The van der Waals surface area contributed by atoms with E-state index in [1.807, 2.05) is 4.40 Å². The molecule has 0 aliphatic heterocycles. The number of carbonyl (C=O) groups excluding carboxylic acids is 2. The van der Waals surface area contributed by atoms with Gasteiger partial charge >= 0.3 is 0 Å². The molecule has 3 heterocycles. The van der Waals surface area contributed by atoms with Crippen molar-refractivity contribution in [2.75, 3.05) is 5.32 Å². The molecule has 6 nitrogen and oxygen atoms in total. The number of fused-ring (bicyclic) bond motifs is 1. The minimum Gasteiger partial charge on any atom is -0.326 e. The maximum atomic E-state index is 13.2. The summed E-state index contributed by atoms with van der Waals surface area (Å²) in [5, 5.41) is 3.79. The van der Waals surface area contributed by atoms with E-state index in [1.54, 1.807) is 29.8 Å². The Morgan fingerprint density at radius 2 is 1.93 bits per heavy atom. The van der Waals surface area contributed by atoms with Crippen LogP contribution in [0.25, 0.3) is 4.83 Å². The molecule has 0 aliphatic rings. The summed E-state index contributed by atoms with van der Waals surface area (Å²) in [5.41, 5.74) is 1.05. The molecule has 0 atom stereocenters. The lowest BCUT2D eigenvalue weighted by molar-refractivity contribution is -0.112. The zero-order valence-electron chi connectivity index (χ0n) is 15.0. The highest BCUT2D eigenvalue weighted by Gasteiger charge is 2.24. The van der Waals surface area contributed by atoms with E-state index >= 15 is 0 Å². The number of nitrogens with zero attached hydrogens (tertiary/aromatic N) is 1. The van der Waals surface area contributed by atoms with Gasteiger partial charge in [-0.1, -0.05) is 35.3 Å². The van der Waals surface area contributed by atoms with Gasteiger partial charge in [0.05, 0.1) is 16.3 Å². The zero-order valence-corrected chi connectivity index (χ0v) is 17.4. The Balaban J connectivity index is 1.65. The molecule has 0 saturated heterocycles. The number of amides is 1. The largest absolute Gasteiger partial charge is 0.326 e. The van der Waals surface area contributed by atoms with Crippen molar-refractivity contribution >= 4 is 56.7 Å². The Kier molecular flexibility index (Phi) is 5.46. The number of pyridine rings is 1. The number of rotatable bonds is 5. The Morgan fingerprint density at radius 3 is 2.67 bits per heavy atom. The molecule has 30 heavy (non-hydrogen) atoms. The quantitative estimate of drug-likeness (QED) is 0.336. The van der Waals surface area contributed by atoms with Crippen LogP contribution in [-0.4, -0.2) is 21.1 Å². The lowest BCUT2D eigenvalue weighted by Gasteiger charge is -2.07. The predicted octanol–water partition coefficient (Wildman–Crippen LogP) is 4.55. The van der Waals surface area contributed by atoms with E-state index in [9.17, 15) is 18.8 Å². The second-order valence-corrected chi connectivity index (χ2v) is 8.05. The number of ketones is 1. The van der Waals surface area contributed by atoms with Gasteiger partial charge in [-0.05, 0) is 23.8 Å². The van der Waals surface area contributed by atoms with E-state index in [2.05, 4.69) is 10.3 Å². The van der Waals surface area contributed by atoms with Crippen molar-refractivity contribution in [3.63, 3.8) is 0 Å². The highest BCUT2D eigenvalue weighted by Crippen LogP contribution is 2.28. The second kappa shape index (κ2) is 8.06. The third-order valence-electron chi connectivity index (χ3n) is 4.43. The van der Waals surface area contributed by atoms with Gasteiger partial charge < -0.3 is 14.7 Å². The van der Waals surface area contributed by atoms with Crippen LogP contribution in [0.2, 0.25) is 10.0 Å². The van der Waals surface area contributed by atoms with E-state index in [1.165, 1.54) is 29.7 Å². The highest BCUT2D eigenvalue weighted by atomic mass is 35.5. The Hall–Kier alpha value is -2.94. The summed E-state index contributed by atoms with van der Waals surface area (Å²) in [5.74, 6) is -2.11. The standard InChI is InChI=1S/C20H12Cl2FN3O3S/c21-14-9-24-18(28)15(22)16(14)25-19(29)17(27)13-8-12(26-5-6-30-20(13)26)7-10-1-3-11(23)4-2-10/h1-6,8-9H,7H2,(H2,24,25,28,29). The average Bonchev–Trinajstić information content (AvgIpc) is 3.33. The zero-order chi connectivity index (χ0) is 21.4. The third kappa shape index (κ3) is 3.77. The fourth-order valence-corrected chi connectivity index (χ4v) is 4.33. The maximum Gasteiger partial charge on any atom is 0.296 e. The van der Waals surface area contributed by atoms with Crippen molar-refractivity contribution < 1.29 is 14.0 Å². The van der Waals surface area contributed by atoms with E-state index in [-0.39, 0.29) is 27.1 Å². The topological polar surface area (TPSA) is 83.4 Å². The van der Waals surface area contributed by atoms with Crippen LogP contribution in [0.15, 0.2) is 52.9 Å². The predicted molar refractivity (Wildman–Crippen MR) is 115 cm³/mol. The molecule has 152 valence electrons. The van der Waals surface area contributed by atoms with Crippen molar-refractivity contribution in [1.29, 1.82) is 0 Å². The van der Waals surface area contributed by atoms with Gasteiger partial charge in [-0.25, -0.2) is 4.39 Å². The Labute approximate surface area is 182 Å². The average molecular weight is 464 g/mol. The molecule has 10 heteroatoms. The third-order valence-corrected chi connectivity index (χ3v) is 5.99. The minimum absolute atomic E-state index is 0.00380. The summed E-state index contributed by atoms with van der Waals surface area (Å²) in [7, 11) is 0. The summed E-state index contributed by atoms with van der Waals surface area (Å²) in [6.07, 6.45) is 3.41. The summed E-state index contributed by atoms with van der Waals surface area (Å²) >= 11 is 13.2.